The number of hydrogen-bond acceptors (Lipinski definition) is 5. The molecular formula is C29H50O5. The van der Waals surface area contributed by atoms with Gasteiger partial charge in [0, 0.05) is 18.3 Å². The highest BCUT2D eigenvalue weighted by Gasteiger charge is 2.67. The third-order valence-corrected chi connectivity index (χ3v) is 11.7. The number of carbonyl (C=O) groups excluding carboxylic acids is 1. The van der Waals surface area contributed by atoms with Crippen LogP contribution in [0.4, 0.5) is 0 Å². The van der Waals surface area contributed by atoms with E-state index in [0.29, 0.717) is 24.7 Å². The van der Waals surface area contributed by atoms with Gasteiger partial charge in [0.25, 0.3) is 0 Å². The van der Waals surface area contributed by atoms with Gasteiger partial charge in [0.15, 0.2) is 0 Å². The number of rotatable bonds is 6. The number of aliphatic hydroxyl groups excluding tert-OH is 4. The van der Waals surface area contributed by atoms with Crippen LogP contribution in [0, 0.1) is 58.2 Å². The van der Waals surface area contributed by atoms with Crippen molar-refractivity contribution in [2.24, 2.45) is 58.2 Å². The third-order valence-electron chi connectivity index (χ3n) is 11.7. The maximum Gasteiger partial charge on any atom is 0.137 e. The first-order valence-electron chi connectivity index (χ1n) is 14.1. The van der Waals surface area contributed by atoms with Gasteiger partial charge in [0.05, 0.1) is 24.4 Å². The SMILES string of the molecule is CC(C)C(CCC(C)[C@H]1CC(=O)[C@@H]2[C@H]3C(CC[C@]12C)[C@@]1(C)CC[C@H](O)CC1C(O)[C@@H]3O)C(C)O. The van der Waals surface area contributed by atoms with E-state index in [9.17, 15) is 25.2 Å². The molecule has 0 amide bonds. The fraction of sp³-hybridized carbons (Fsp3) is 0.966. The number of carbonyl (C=O) groups is 1. The summed E-state index contributed by atoms with van der Waals surface area (Å²) in [5.74, 6) is 1.41. The van der Waals surface area contributed by atoms with Crippen LogP contribution in [0.1, 0.15) is 92.9 Å². The highest BCUT2D eigenvalue weighted by atomic mass is 16.3. The Morgan fingerprint density at radius 1 is 0.912 bits per heavy atom. The van der Waals surface area contributed by atoms with E-state index in [1.807, 2.05) is 6.92 Å². The summed E-state index contributed by atoms with van der Waals surface area (Å²) in [7, 11) is 0. The minimum absolute atomic E-state index is 0.100. The van der Waals surface area contributed by atoms with Crippen molar-refractivity contribution in [2.75, 3.05) is 0 Å². The smallest absolute Gasteiger partial charge is 0.137 e. The summed E-state index contributed by atoms with van der Waals surface area (Å²) in [6.45, 7) is 13.1. The van der Waals surface area contributed by atoms with Gasteiger partial charge in [-0.05, 0) is 91.8 Å². The first kappa shape index (κ1) is 26.6. The van der Waals surface area contributed by atoms with Gasteiger partial charge in [0.1, 0.15) is 5.78 Å². The molecule has 4 N–H and O–H groups in total. The molecule has 4 saturated carbocycles. The van der Waals surface area contributed by atoms with Crippen molar-refractivity contribution in [3.63, 3.8) is 0 Å². The second kappa shape index (κ2) is 9.43. The van der Waals surface area contributed by atoms with E-state index < -0.39 is 18.3 Å². The average molecular weight is 479 g/mol. The lowest BCUT2D eigenvalue weighted by atomic mass is 9.43. The molecule has 0 aliphatic heterocycles. The monoisotopic (exact) mass is 478 g/mol. The van der Waals surface area contributed by atoms with E-state index in [-0.39, 0.29) is 58.2 Å². The summed E-state index contributed by atoms with van der Waals surface area (Å²) in [5.41, 5.74) is -0.274. The molecule has 5 heteroatoms. The molecule has 0 aromatic carbocycles. The van der Waals surface area contributed by atoms with Crippen LogP contribution in [-0.4, -0.2) is 50.6 Å². The number of Topliss-reactive ketones (excluding diaryl/α,β-unsaturated/α-hetero) is 1. The highest BCUT2D eigenvalue weighted by molar-refractivity contribution is 5.85. The van der Waals surface area contributed by atoms with E-state index in [4.69, 9.17) is 0 Å². The Bertz CT molecular complexity index is 743. The van der Waals surface area contributed by atoms with Gasteiger partial charge < -0.3 is 20.4 Å². The van der Waals surface area contributed by atoms with Crippen LogP contribution < -0.4 is 0 Å². The molecule has 0 spiro atoms. The lowest BCUT2D eigenvalue weighted by Gasteiger charge is -2.63. The Morgan fingerprint density at radius 2 is 1.56 bits per heavy atom. The summed E-state index contributed by atoms with van der Waals surface area (Å²) in [5, 5.41) is 43.1. The van der Waals surface area contributed by atoms with Gasteiger partial charge in [-0.15, -0.1) is 0 Å². The molecule has 4 aliphatic carbocycles. The molecule has 0 radical (unpaired) electrons. The fourth-order valence-corrected chi connectivity index (χ4v) is 9.70. The minimum atomic E-state index is -0.892. The van der Waals surface area contributed by atoms with Gasteiger partial charge in [-0.25, -0.2) is 0 Å². The van der Waals surface area contributed by atoms with Crippen LogP contribution >= 0.6 is 0 Å². The number of aliphatic hydroxyl groups is 4. The van der Waals surface area contributed by atoms with Crippen LogP contribution in [-0.2, 0) is 4.79 Å². The Morgan fingerprint density at radius 3 is 2.18 bits per heavy atom. The lowest BCUT2D eigenvalue weighted by molar-refractivity contribution is -0.222. The molecule has 6 unspecified atom stereocenters. The summed E-state index contributed by atoms with van der Waals surface area (Å²) < 4.78 is 0. The molecule has 0 aromatic rings. The van der Waals surface area contributed by atoms with Crippen molar-refractivity contribution in [2.45, 2.75) is 117 Å². The van der Waals surface area contributed by atoms with E-state index in [1.165, 1.54) is 0 Å². The molecule has 0 heterocycles. The third kappa shape index (κ3) is 4.11. The number of ketones is 1. The zero-order valence-electron chi connectivity index (χ0n) is 22.3. The van der Waals surface area contributed by atoms with Crippen molar-refractivity contribution < 1.29 is 25.2 Å². The van der Waals surface area contributed by atoms with Gasteiger partial charge in [-0.2, -0.15) is 0 Å². The van der Waals surface area contributed by atoms with Gasteiger partial charge in [-0.3, -0.25) is 4.79 Å². The number of fused-ring (bicyclic) bond motifs is 5. The van der Waals surface area contributed by atoms with Gasteiger partial charge in [0.2, 0.25) is 0 Å². The second-order valence-corrected chi connectivity index (χ2v) is 13.7. The largest absolute Gasteiger partial charge is 0.393 e. The zero-order chi connectivity index (χ0) is 25.2. The highest BCUT2D eigenvalue weighted by Crippen LogP contribution is 2.67. The summed E-state index contributed by atoms with van der Waals surface area (Å²) in [6, 6.07) is 0. The van der Waals surface area contributed by atoms with Crippen LogP contribution in [0.2, 0.25) is 0 Å². The first-order chi connectivity index (χ1) is 15.8. The molecule has 13 atom stereocenters. The molecule has 0 saturated heterocycles. The quantitative estimate of drug-likeness (QED) is 0.459. The fourth-order valence-electron chi connectivity index (χ4n) is 9.70. The van der Waals surface area contributed by atoms with Gasteiger partial charge >= 0.3 is 0 Å². The Balaban J connectivity index is 1.57. The molecule has 5 nitrogen and oxygen atoms in total. The average Bonchev–Trinajstić information content (AvgIpc) is 3.03. The van der Waals surface area contributed by atoms with E-state index in [2.05, 4.69) is 34.6 Å². The van der Waals surface area contributed by atoms with Crippen molar-refractivity contribution >= 4 is 5.78 Å². The first-order valence-corrected chi connectivity index (χ1v) is 14.1. The van der Waals surface area contributed by atoms with Crippen LogP contribution in [0.25, 0.3) is 0 Å². The molecule has 4 fully saturated rings. The lowest BCUT2D eigenvalue weighted by Crippen LogP contribution is -2.64. The normalized spacial score (nSPS) is 49.2. The van der Waals surface area contributed by atoms with Crippen molar-refractivity contribution in [3.8, 4) is 0 Å². The van der Waals surface area contributed by atoms with Crippen molar-refractivity contribution in [1.29, 1.82) is 0 Å². The van der Waals surface area contributed by atoms with Crippen LogP contribution in [0.3, 0.4) is 0 Å². The Kier molecular flexibility index (Phi) is 7.37. The standard InChI is InChI=1S/C29H50O5/c1-15(2)19(17(4)30)8-7-16(3)21-14-23(32)25-24-20(10-12-29(21,25)6)28(5)11-9-18(31)13-22(28)26(33)27(24)34/h15-22,24-27,30-31,33-34H,7-14H2,1-6H3/t16?,17?,18-,19?,20?,21+,22?,24+,25+,26?,27+,28+,29+/m0/s1. The molecule has 4 aliphatic rings. The molecule has 4 rings (SSSR count). The zero-order valence-corrected chi connectivity index (χ0v) is 22.3. The molecule has 0 bridgehead atoms. The molecule has 196 valence electrons. The summed E-state index contributed by atoms with van der Waals surface area (Å²) in [4.78, 5) is 13.6. The maximum absolute atomic E-state index is 13.6. The van der Waals surface area contributed by atoms with Crippen LogP contribution in [0.5, 0.6) is 0 Å². The Hall–Kier alpha value is -0.490. The second-order valence-electron chi connectivity index (χ2n) is 13.7. The van der Waals surface area contributed by atoms with E-state index >= 15 is 0 Å². The van der Waals surface area contributed by atoms with Gasteiger partial charge in [-0.1, -0.05) is 41.0 Å². The van der Waals surface area contributed by atoms with Crippen LogP contribution in [0.15, 0.2) is 0 Å². The van der Waals surface area contributed by atoms with E-state index in [0.717, 1.165) is 38.5 Å². The predicted octanol–water partition coefficient (Wildman–Crippen LogP) is 4.20. The van der Waals surface area contributed by atoms with E-state index in [1.54, 1.807) is 0 Å². The summed E-state index contributed by atoms with van der Waals surface area (Å²) in [6.07, 6.45) is 4.21. The maximum atomic E-state index is 13.6. The molecule has 0 aromatic heterocycles. The minimum Gasteiger partial charge on any atom is -0.393 e. The number of hydrogen-bond donors (Lipinski definition) is 4. The summed E-state index contributed by atoms with van der Waals surface area (Å²) >= 11 is 0. The van der Waals surface area contributed by atoms with Crippen molar-refractivity contribution in [3.05, 3.63) is 0 Å². The molecular weight excluding hydrogens is 428 g/mol. The van der Waals surface area contributed by atoms with Crippen molar-refractivity contribution in [1.82, 2.24) is 0 Å². The topological polar surface area (TPSA) is 98.0 Å². The Labute approximate surface area is 206 Å². The molecule has 34 heavy (non-hydrogen) atoms. The predicted molar refractivity (Wildman–Crippen MR) is 133 cm³/mol.